The first-order chi connectivity index (χ1) is 15.3. The zero-order chi connectivity index (χ0) is 21.0. The molecule has 1 amide bonds. The molecule has 1 aliphatic rings. The van der Waals surface area contributed by atoms with Gasteiger partial charge >= 0.3 is 0 Å². The molecule has 4 aromatic rings. The van der Waals surface area contributed by atoms with Gasteiger partial charge in [-0.2, -0.15) is 0 Å². The van der Waals surface area contributed by atoms with Crippen molar-refractivity contribution >= 4 is 22.8 Å². The molecule has 0 atom stereocenters. The first-order valence-corrected chi connectivity index (χ1v) is 10.7. The van der Waals surface area contributed by atoms with Crippen molar-refractivity contribution in [1.29, 1.82) is 0 Å². The standard InChI is InChI=1S/C24H24N6O/c31-24(19-7-6-12-25-23(19)29-13-4-1-5-14-29)27-16-18-10-11-22(26-15-18)30-17-28-20-8-2-3-9-21(20)30/h2-3,6-12,15,17H,1,4-5,13-14,16H2,(H,27,31). The summed E-state index contributed by atoms with van der Waals surface area (Å²) in [5.74, 6) is 1.46. The number of nitrogens with zero attached hydrogens (tertiary/aromatic N) is 5. The maximum Gasteiger partial charge on any atom is 0.255 e. The van der Waals surface area contributed by atoms with Gasteiger partial charge in [0.15, 0.2) is 0 Å². The fourth-order valence-electron chi connectivity index (χ4n) is 4.01. The zero-order valence-electron chi connectivity index (χ0n) is 17.2. The molecule has 0 radical (unpaired) electrons. The molecule has 0 saturated carbocycles. The third-order valence-electron chi connectivity index (χ3n) is 5.65. The number of piperidine rings is 1. The summed E-state index contributed by atoms with van der Waals surface area (Å²) in [6, 6.07) is 15.5. The molecule has 0 aliphatic carbocycles. The third-order valence-corrected chi connectivity index (χ3v) is 5.65. The summed E-state index contributed by atoms with van der Waals surface area (Å²) in [5, 5.41) is 3.01. The Bertz CT molecular complexity index is 1190. The van der Waals surface area contributed by atoms with Crippen LogP contribution in [-0.2, 0) is 6.54 Å². The lowest BCUT2D eigenvalue weighted by atomic mass is 10.1. The zero-order valence-corrected chi connectivity index (χ0v) is 17.2. The highest BCUT2D eigenvalue weighted by Gasteiger charge is 2.19. The van der Waals surface area contributed by atoms with Crippen LogP contribution in [0.3, 0.4) is 0 Å². The molecule has 1 aliphatic heterocycles. The van der Waals surface area contributed by atoms with Crippen LogP contribution in [0.5, 0.6) is 0 Å². The van der Waals surface area contributed by atoms with Gasteiger partial charge in [-0.15, -0.1) is 0 Å². The second-order valence-corrected chi connectivity index (χ2v) is 7.73. The van der Waals surface area contributed by atoms with E-state index in [9.17, 15) is 4.79 Å². The summed E-state index contributed by atoms with van der Waals surface area (Å²) in [7, 11) is 0. The summed E-state index contributed by atoms with van der Waals surface area (Å²) in [4.78, 5) is 28.5. The fourth-order valence-corrected chi connectivity index (χ4v) is 4.01. The number of rotatable bonds is 5. The molecular weight excluding hydrogens is 388 g/mol. The van der Waals surface area contributed by atoms with Gasteiger partial charge in [0.2, 0.25) is 0 Å². The van der Waals surface area contributed by atoms with Gasteiger partial charge in [-0.1, -0.05) is 18.2 Å². The van der Waals surface area contributed by atoms with Gasteiger partial charge in [-0.05, 0) is 55.2 Å². The van der Waals surface area contributed by atoms with Crippen molar-refractivity contribution in [3.63, 3.8) is 0 Å². The minimum Gasteiger partial charge on any atom is -0.356 e. The van der Waals surface area contributed by atoms with Crippen LogP contribution in [0.4, 0.5) is 5.82 Å². The largest absolute Gasteiger partial charge is 0.356 e. The Balaban J connectivity index is 1.28. The normalized spacial score (nSPS) is 14.0. The van der Waals surface area contributed by atoms with Gasteiger partial charge in [0, 0.05) is 32.0 Å². The molecule has 7 nitrogen and oxygen atoms in total. The minimum atomic E-state index is -0.113. The first-order valence-electron chi connectivity index (χ1n) is 10.7. The van der Waals surface area contributed by atoms with Crippen molar-refractivity contribution in [3.8, 4) is 5.82 Å². The molecule has 0 unspecified atom stereocenters. The van der Waals surface area contributed by atoms with E-state index in [1.54, 1.807) is 18.7 Å². The first kappa shape index (κ1) is 19.2. The number of benzene rings is 1. The Morgan fingerprint density at radius 2 is 1.81 bits per heavy atom. The van der Waals surface area contributed by atoms with E-state index in [0.717, 1.165) is 54.2 Å². The van der Waals surface area contributed by atoms with E-state index in [1.165, 1.54) is 6.42 Å². The van der Waals surface area contributed by atoms with Crippen LogP contribution in [0.1, 0.15) is 35.2 Å². The van der Waals surface area contributed by atoms with E-state index in [4.69, 9.17) is 0 Å². The van der Waals surface area contributed by atoms with Gasteiger partial charge in [-0.25, -0.2) is 15.0 Å². The van der Waals surface area contributed by atoms with Crippen LogP contribution in [0.2, 0.25) is 0 Å². The smallest absolute Gasteiger partial charge is 0.255 e. The number of imidazole rings is 1. The van der Waals surface area contributed by atoms with E-state index in [-0.39, 0.29) is 5.91 Å². The predicted octanol–water partition coefficient (Wildman–Crippen LogP) is 3.74. The average molecular weight is 412 g/mol. The van der Waals surface area contributed by atoms with E-state index in [1.807, 2.05) is 53.1 Å². The predicted molar refractivity (Wildman–Crippen MR) is 120 cm³/mol. The van der Waals surface area contributed by atoms with Crippen LogP contribution in [0.15, 0.2) is 67.3 Å². The molecule has 0 bridgehead atoms. The molecule has 1 saturated heterocycles. The molecule has 7 heteroatoms. The van der Waals surface area contributed by atoms with Gasteiger partial charge < -0.3 is 10.2 Å². The lowest BCUT2D eigenvalue weighted by Crippen LogP contribution is -2.33. The Hall–Kier alpha value is -3.74. The highest BCUT2D eigenvalue weighted by atomic mass is 16.1. The van der Waals surface area contributed by atoms with E-state index in [2.05, 4.69) is 25.2 Å². The average Bonchev–Trinajstić information content (AvgIpc) is 3.28. The monoisotopic (exact) mass is 412 g/mol. The Morgan fingerprint density at radius 3 is 2.65 bits per heavy atom. The topological polar surface area (TPSA) is 75.9 Å². The van der Waals surface area contributed by atoms with Gasteiger partial charge in [0.05, 0.1) is 16.6 Å². The van der Waals surface area contributed by atoms with Crippen LogP contribution in [0.25, 0.3) is 16.9 Å². The molecule has 3 aromatic heterocycles. The quantitative estimate of drug-likeness (QED) is 0.540. The number of carbonyl (C=O) groups is 1. The summed E-state index contributed by atoms with van der Waals surface area (Å²) in [6.07, 6.45) is 8.84. The Morgan fingerprint density at radius 1 is 0.935 bits per heavy atom. The van der Waals surface area contributed by atoms with Crippen molar-refractivity contribution in [3.05, 3.63) is 78.4 Å². The molecule has 1 aromatic carbocycles. The molecule has 156 valence electrons. The molecule has 1 N–H and O–H groups in total. The number of hydrogen-bond donors (Lipinski definition) is 1. The van der Waals surface area contributed by atoms with Crippen LogP contribution >= 0.6 is 0 Å². The molecule has 4 heterocycles. The number of carbonyl (C=O) groups excluding carboxylic acids is 1. The number of nitrogens with one attached hydrogen (secondary N) is 1. The van der Waals surface area contributed by atoms with Crippen molar-refractivity contribution < 1.29 is 4.79 Å². The number of pyridine rings is 2. The van der Waals surface area contributed by atoms with E-state index >= 15 is 0 Å². The number of anilines is 1. The molecule has 1 fully saturated rings. The Labute approximate surface area is 180 Å². The fraction of sp³-hybridized carbons (Fsp3) is 0.250. The van der Waals surface area contributed by atoms with Gasteiger partial charge in [0.25, 0.3) is 5.91 Å². The van der Waals surface area contributed by atoms with Gasteiger partial charge in [-0.3, -0.25) is 9.36 Å². The number of hydrogen-bond acceptors (Lipinski definition) is 5. The van der Waals surface area contributed by atoms with Crippen molar-refractivity contribution in [1.82, 2.24) is 24.8 Å². The molecule has 0 spiro atoms. The van der Waals surface area contributed by atoms with Crippen LogP contribution in [0, 0.1) is 0 Å². The number of aromatic nitrogens is 4. The number of amides is 1. The molecule has 5 rings (SSSR count). The van der Waals surface area contributed by atoms with Crippen molar-refractivity contribution in [2.45, 2.75) is 25.8 Å². The highest BCUT2D eigenvalue weighted by Crippen LogP contribution is 2.22. The van der Waals surface area contributed by atoms with Crippen LogP contribution < -0.4 is 10.2 Å². The SMILES string of the molecule is O=C(NCc1ccc(-n2cnc3ccccc32)nc1)c1cccnc1N1CCCCC1. The van der Waals surface area contributed by atoms with Crippen molar-refractivity contribution in [2.24, 2.45) is 0 Å². The number of para-hydroxylation sites is 2. The summed E-state index contributed by atoms with van der Waals surface area (Å²) < 4.78 is 1.96. The lowest BCUT2D eigenvalue weighted by molar-refractivity contribution is 0.0951. The van der Waals surface area contributed by atoms with E-state index < -0.39 is 0 Å². The van der Waals surface area contributed by atoms with E-state index in [0.29, 0.717) is 12.1 Å². The van der Waals surface area contributed by atoms with Crippen LogP contribution in [-0.4, -0.2) is 38.5 Å². The Kier molecular flexibility index (Phi) is 5.31. The highest BCUT2D eigenvalue weighted by molar-refractivity contribution is 5.98. The lowest BCUT2D eigenvalue weighted by Gasteiger charge is -2.29. The maximum absolute atomic E-state index is 12.9. The second-order valence-electron chi connectivity index (χ2n) is 7.73. The van der Waals surface area contributed by atoms with Crippen molar-refractivity contribution in [2.75, 3.05) is 18.0 Å². The summed E-state index contributed by atoms with van der Waals surface area (Å²) >= 11 is 0. The third kappa shape index (κ3) is 3.99. The maximum atomic E-state index is 12.9. The summed E-state index contributed by atoms with van der Waals surface area (Å²) in [6.45, 7) is 2.31. The van der Waals surface area contributed by atoms with Gasteiger partial charge in [0.1, 0.15) is 18.0 Å². The number of fused-ring (bicyclic) bond motifs is 1. The summed E-state index contributed by atoms with van der Waals surface area (Å²) in [5.41, 5.74) is 3.50. The molecule has 31 heavy (non-hydrogen) atoms. The molecular formula is C24H24N6O. The minimum absolute atomic E-state index is 0.113. The second kappa shape index (κ2) is 8.55.